The number of nitrogens with one attached hydrogen (secondary N) is 1. The van der Waals surface area contributed by atoms with Gasteiger partial charge in [0.1, 0.15) is 5.69 Å². The molecular weight excluding hydrogens is 414 g/mol. The standard InChI is InChI=1S/C22H19N5O3S/c28-19(17-7-3-4-9-23-17)25-22-24-16-8-10-26(13-18(16)31-22)11-12-27-20(29)14-5-1-2-6-15(14)21(27)30/h1-7,9H,8,10-13H2,(H,24,25,28). The molecule has 9 heteroatoms. The zero-order chi connectivity index (χ0) is 21.4. The second kappa shape index (κ2) is 8.01. The normalized spacial score (nSPS) is 15.7. The van der Waals surface area contributed by atoms with Crippen LogP contribution >= 0.6 is 11.3 Å². The molecule has 3 amide bonds. The molecule has 3 aromatic rings. The van der Waals surface area contributed by atoms with Crippen LogP contribution in [0.1, 0.15) is 41.8 Å². The van der Waals surface area contributed by atoms with Crippen LogP contribution in [0.25, 0.3) is 0 Å². The maximum Gasteiger partial charge on any atom is 0.276 e. The van der Waals surface area contributed by atoms with Gasteiger partial charge in [-0.3, -0.25) is 34.5 Å². The molecule has 0 unspecified atom stereocenters. The lowest BCUT2D eigenvalue weighted by atomic mass is 10.1. The van der Waals surface area contributed by atoms with E-state index in [1.165, 1.54) is 16.2 Å². The lowest BCUT2D eigenvalue weighted by molar-refractivity contribution is 0.0633. The number of imide groups is 1. The molecule has 0 saturated heterocycles. The summed E-state index contributed by atoms with van der Waals surface area (Å²) in [6, 6.07) is 12.1. The molecular formula is C22H19N5O3S. The van der Waals surface area contributed by atoms with E-state index in [0.717, 1.165) is 23.5 Å². The van der Waals surface area contributed by atoms with Crippen molar-refractivity contribution in [3.05, 3.63) is 76.1 Å². The summed E-state index contributed by atoms with van der Waals surface area (Å²) in [4.78, 5) is 50.6. The van der Waals surface area contributed by atoms with Crippen molar-refractivity contribution >= 4 is 34.2 Å². The first-order valence-electron chi connectivity index (χ1n) is 9.98. The van der Waals surface area contributed by atoms with Gasteiger partial charge in [-0.2, -0.15) is 0 Å². The number of benzene rings is 1. The van der Waals surface area contributed by atoms with Crippen LogP contribution in [-0.2, 0) is 13.0 Å². The summed E-state index contributed by atoms with van der Waals surface area (Å²) < 4.78 is 0. The molecule has 31 heavy (non-hydrogen) atoms. The number of nitrogens with zero attached hydrogens (tertiary/aromatic N) is 4. The van der Waals surface area contributed by atoms with Crippen LogP contribution in [-0.4, -0.2) is 57.1 Å². The molecule has 8 nitrogen and oxygen atoms in total. The summed E-state index contributed by atoms with van der Waals surface area (Å²) in [6.07, 6.45) is 2.33. The summed E-state index contributed by atoms with van der Waals surface area (Å²) >= 11 is 1.45. The number of amides is 3. The minimum atomic E-state index is -0.283. The zero-order valence-corrected chi connectivity index (χ0v) is 17.4. The van der Waals surface area contributed by atoms with Gasteiger partial charge < -0.3 is 0 Å². The molecule has 0 aliphatic carbocycles. The predicted molar refractivity (Wildman–Crippen MR) is 115 cm³/mol. The zero-order valence-electron chi connectivity index (χ0n) is 16.6. The number of hydrogen-bond donors (Lipinski definition) is 1. The van der Waals surface area contributed by atoms with Crippen molar-refractivity contribution in [1.82, 2.24) is 19.8 Å². The first-order valence-corrected chi connectivity index (χ1v) is 10.8. The fourth-order valence-corrected chi connectivity index (χ4v) is 4.88. The average Bonchev–Trinajstić information content (AvgIpc) is 3.31. The van der Waals surface area contributed by atoms with E-state index < -0.39 is 0 Å². The molecule has 1 aromatic carbocycles. The van der Waals surface area contributed by atoms with Gasteiger partial charge in [0.25, 0.3) is 17.7 Å². The van der Waals surface area contributed by atoms with E-state index in [-0.39, 0.29) is 17.7 Å². The summed E-state index contributed by atoms with van der Waals surface area (Å²) in [5.74, 6) is -0.736. The highest BCUT2D eigenvalue weighted by Crippen LogP contribution is 2.29. The topological polar surface area (TPSA) is 95.5 Å². The molecule has 0 bridgehead atoms. The number of rotatable bonds is 5. The highest BCUT2D eigenvalue weighted by atomic mass is 32.1. The smallest absolute Gasteiger partial charge is 0.276 e. The van der Waals surface area contributed by atoms with Gasteiger partial charge in [-0.05, 0) is 24.3 Å². The fraction of sp³-hybridized carbons (Fsp3) is 0.227. The Morgan fingerprint density at radius 1 is 1.03 bits per heavy atom. The molecule has 156 valence electrons. The van der Waals surface area contributed by atoms with Crippen molar-refractivity contribution in [1.29, 1.82) is 0 Å². The van der Waals surface area contributed by atoms with E-state index in [0.29, 0.717) is 41.6 Å². The van der Waals surface area contributed by atoms with Crippen molar-refractivity contribution < 1.29 is 14.4 Å². The van der Waals surface area contributed by atoms with Crippen LogP contribution in [0, 0.1) is 0 Å². The van der Waals surface area contributed by atoms with Crippen LogP contribution in [0.15, 0.2) is 48.7 Å². The number of pyridine rings is 1. The van der Waals surface area contributed by atoms with Crippen molar-refractivity contribution in [2.75, 3.05) is 25.0 Å². The Balaban J connectivity index is 1.20. The van der Waals surface area contributed by atoms with Gasteiger partial charge >= 0.3 is 0 Å². The van der Waals surface area contributed by atoms with Crippen LogP contribution in [0.4, 0.5) is 5.13 Å². The number of thiazole rings is 1. The minimum absolute atomic E-state index is 0.226. The SMILES string of the molecule is O=C(Nc1nc2c(s1)CN(CCN1C(=O)c3ccccc3C1=O)CC2)c1ccccn1. The summed E-state index contributed by atoms with van der Waals surface area (Å²) in [6.45, 7) is 2.41. The van der Waals surface area contributed by atoms with Gasteiger partial charge in [-0.25, -0.2) is 4.98 Å². The first-order chi connectivity index (χ1) is 15.1. The van der Waals surface area contributed by atoms with Gasteiger partial charge in [0, 0.05) is 43.7 Å². The van der Waals surface area contributed by atoms with E-state index >= 15 is 0 Å². The van der Waals surface area contributed by atoms with Gasteiger partial charge in [0.15, 0.2) is 5.13 Å². The molecule has 1 N–H and O–H groups in total. The van der Waals surface area contributed by atoms with E-state index in [2.05, 4.69) is 20.2 Å². The lowest BCUT2D eigenvalue weighted by Gasteiger charge is -2.27. The molecule has 2 aromatic heterocycles. The highest BCUT2D eigenvalue weighted by molar-refractivity contribution is 7.15. The molecule has 0 radical (unpaired) electrons. The molecule has 4 heterocycles. The molecule has 5 rings (SSSR count). The summed E-state index contributed by atoms with van der Waals surface area (Å²) in [7, 11) is 0. The predicted octanol–water partition coefficient (Wildman–Crippen LogP) is 2.44. The van der Waals surface area contributed by atoms with Gasteiger partial charge in [0.2, 0.25) is 0 Å². The molecule has 0 atom stereocenters. The summed E-state index contributed by atoms with van der Waals surface area (Å²) in [5, 5.41) is 3.38. The number of carbonyl (C=O) groups excluding carboxylic acids is 3. The largest absolute Gasteiger partial charge is 0.296 e. The maximum absolute atomic E-state index is 12.5. The quantitative estimate of drug-likeness (QED) is 0.621. The van der Waals surface area contributed by atoms with Crippen LogP contribution in [0.2, 0.25) is 0 Å². The van der Waals surface area contributed by atoms with Gasteiger partial charge in [-0.15, -0.1) is 11.3 Å². The van der Waals surface area contributed by atoms with E-state index in [1.54, 1.807) is 48.7 Å². The highest BCUT2D eigenvalue weighted by Gasteiger charge is 2.35. The number of anilines is 1. The van der Waals surface area contributed by atoms with Gasteiger partial charge in [0.05, 0.1) is 16.8 Å². The monoisotopic (exact) mass is 433 g/mol. The maximum atomic E-state index is 12.5. The van der Waals surface area contributed by atoms with Crippen molar-refractivity contribution in [2.24, 2.45) is 0 Å². The van der Waals surface area contributed by atoms with Crippen LogP contribution in [0.5, 0.6) is 0 Å². The minimum Gasteiger partial charge on any atom is -0.296 e. The third-order valence-corrected chi connectivity index (χ3v) is 6.44. The van der Waals surface area contributed by atoms with Crippen molar-refractivity contribution in [3.8, 4) is 0 Å². The van der Waals surface area contributed by atoms with E-state index in [4.69, 9.17) is 0 Å². The van der Waals surface area contributed by atoms with Gasteiger partial charge in [-0.1, -0.05) is 18.2 Å². The Morgan fingerprint density at radius 2 is 1.77 bits per heavy atom. The third-order valence-electron chi connectivity index (χ3n) is 5.45. The lowest BCUT2D eigenvalue weighted by Crippen LogP contribution is -2.40. The Labute approximate surface area is 182 Å². The Morgan fingerprint density at radius 3 is 2.48 bits per heavy atom. The molecule has 2 aliphatic rings. The molecule has 2 aliphatic heterocycles. The van der Waals surface area contributed by atoms with E-state index in [1.807, 2.05) is 0 Å². The first kappa shape index (κ1) is 19.5. The average molecular weight is 433 g/mol. The number of aromatic nitrogens is 2. The summed E-state index contributed by atoms with van der Waals surface area (Å²) in [5.41, 5.74) is 2.28. The second-order valence-corrected chi connectivity index (χ2v) is 8.48. The Hall–Kier alpha value is -3.43. The second-order valence-electron chi connectivity index (χ2n) is 7.39. The van der Waals surface area contributed by atoms with Crippen molar-refractivity contribution in [3.63, 3.8) is 0 Å². The number of hydrogen-bond acceptors (Lipinski definition) is 7. The molecule has 0 fully saturated rings. The van der Waals surface area contributed by atoms with Crippen LogP contribution in [0.3, 0.4) is 0 Å². The number of fused-ring (bicyclic) bond motifs is 2. The Kier molecular flexibility index (Phi) is 5.05. The fourth-order valence-electron chi connectivity index (χ4n) is 3.83. The van der Waals surface area contributed by atoms with Crippen molar-refractivity contribution in [2.45, 2.75) is 13.0 Å². The molecule has 0 saturated carbocycles. The Bertz CT molecular complexity index is 1140. The third kappa shape index (κ3) is 3.73. The molecule has 0 spiro atoms. The number of carbonyl (C=O) groups is 3. The van der Waals surface area contributed by atoms with Crippen LogP contribution < -0.4 is 5.32 Å². The van der Waals surface area contributed by atoms with E-state index in [9.17, 15) is 14.4 Å².